The van der Waals surface area contributed by atoms with Gasteiger partial charge >= 0.3 is 0 Å². The van der Waals surface area contributed by atoms with Crippen molar-refractivity contribution in [2.45, 2.75) is 25.8 Å². The molecule has 152 valence electrons. The monoisotopic (exact) mass is 402 g/mol. The first-order chi connectivity index (χ1) is 14.6. The fourth-order valence-corrected chi connectivity index (χ4v) is 4.07. The highest BCUT2D eigenvalue weighted by molar-refractivity contribution is 5.98. The third kappa shape index (κ3) is 3.10. The van der Waals surface area contributed by atoms with Crippen LogP contribution in [0, 0.1) is 6.92 Å². The van der Waals surface area contributed by atoms with Gasteiger partial charge < -0.3 is 14.6 Å². The van der Waals surface area contributed by atoms with Gasteiger partial charge in [-0.05, 0) is 49.6 Å². The van der Waals surface area contributed by atoms with Gasteiger partial charge in [-0.3, -0.25) is 4.79 Å². The number of amides is 1. The first-order valence-corrected chi connectivity index (χ1v) is 9.96. The second-order valence-corrected chi connectivity index (χ2v) is 7.50. The number of fused-ring (bicyclic) bond motifs is 1. The summed E-state index contributed by atoms with van der Waals surface area (Å²) in [5.74, 6) is 1.53. The molecule has 2 aromatic heterocycles. The zero-order chi connectivity index (χ0) is 20.7. The number of imidazole rings is 1. The van der Waals surface area contributed by atoms with Crippen LogP contribution in [0.25, 0.3) is 16.7 Å². The minimum Gasteiger partial charge on any atom is -0.497 e. The molecule has 1 fully saturated rings. The summed E-state index contributed by atoms with van der Waals surface area (Å²) in [5, 5.41) is 8.45. The van der Waals surface area contributed by atoms with Gasteiger partial charge in [-0.1, -0.05) is 6.07 Å². The quantitative estimate of drug-likeness (QED) is 0.565. The topological polar surface area (TPSA) is 88.9 Å². The van der Waals surface area contributed by atoms with Crippen molar-refractivity contribution < 1.29 is 9.53 Å². The number of aryl methyl sites for hydroxylation is 1. The second-order valence-electron chi connectivity index (χ2n) is 7.50. The Labute approximate surface area is 173 Å². The van der Waals surface area contributed by atoms with Crippen LogP contribution < -0.4 is 4.74 Å². The summed E-state index contributed by atoms with van der Waals surface area (Å²) in [6, 6.07) is 11.4. The number of hydrogen-bond acceptors (Lipinski definition) is 5. The van der Waals surface area contributed by atoms with Crippen molar-refractivity contribution in [1.29, 1.82) is 0 Å². The molecule has 8 heteroatoms. The van der Waals surface area contributed by atoms with Crippen molar-refractivity contribution in [3.05, 3.63) is 65.7 Å². The average molecular weight is 402 g/mol. The minimum absolute atomic E-state index is 0.0390. The van der Waals surface area contributed by atoms with Gasteiger partial charge in [-0.15, -0.1) is 0 Å². The Balaban J connectivity index is 1.51. The molecule has 1 atom stereocenters. The minimum atomic E-state index is -0.101. The largest absolute Gasteiger partial charge is 0.497 e. The molecule has 1 saturated heterocycles. The molecule has 2 aromatic carbocycles. The van der Waals surface area contributed by atoms with E-state index in [9.17, 15) is 4.79 Å². The fourth-order valence-electron chi connectivity index (χ4n) is 4.07. The SMILES string of the molecule is COc1ccc2nc(C3CCCN3C(=O)c3ccc(C)cc3-n3nccn3)[nH]c2c1. The molecule has 1 N–H and O–H groups in total. The van der Waals surface area contributed by atoms with E-state index in [0.717, 1.165) is 41.0 Å². The molecule has 30 heavy (non-hydrogen) atoms. The zero-order valence-electron chi connectivity index (χ0n) is 16.9. The Kier molecular flexibility index (Phi) is 4.46. The molecule has 1 aliphatic heterocycles. The molecule has 5 rings (SSSR count). The van der Waals surface area contributed by atoms with Gasteiger partial charge in [0.05, 0.1) is 47.8 Å². The summed E-state index contributed by atoms with van der Waals surface area (Å²) in [5.41, 5.74) is 4.08. The van der Waals surface area contributed by atoms with Gasteiger partial charge in [0.15, 0.2) is 0 Å². The van der Waals surface area contributed by atoms with Crippen molar-refractivity contribution in [1.82, 2.24) is 29.9 Å². The van der Waals surface area contributed by atoms with Crippen molar-refractivity contribution in [3.8, 4) is 11.4 Å². The van der Waals surface area contributed by atoms with E-state index in [4.69, 9.17) is 9.72 Å². The Bertz CT molecular complexity index is 1210. The summed E-state index contributed by atoms with van der Waals surface area (Å²) in [6.45, 7) is 2.67. The van der Waals surface area contributed by atoms with Crippen LogP contribution in [0.15, 0.2) is 48.8 Å². The van der Waals surface area contributed by atoms with Crippen LogP contribution in [0.3, 0.4) is 0 Å². The maximum Gasteiger partial charge on any atom is 0.256 e. The molecule has 0 aliphatic carbocycles. The molecular formula is C22H22N6O2. The smallest absolute Gasteiger partial charge is 0.256 e. The van der Waals surface area contributed by atoms with E-state index < -0.39 is 0 Å². The second kappa shape index (κ2) is 7.29. The first kappa shape index (κ1) is 18.4. The number of nitrogens with one attached hydrogen (secondary N) is 1. The van der Waals surface area contributed by atoms with Gasteiger partial charge in [0.2, 0.25) is 0 Å². The summed E-state index contributed by atoms with van der Waals surface area (Å²) >= 11 is 0. The van der Waals surface area contributed by atoms with Crippen molar-refractivity contribution in [3.63, 3.8) is 0 Å². The lowest BCUT2D eigenvalue weighted by Crippen LogP contribution is -2.32. The number of aromatic amines is 1. The lowest BCUT2D eigenvalue weighted by molar-refractivity contribution is 0.0730. The summed E-state index contributed by atoms with van der Waals surface area (Å²) in [7, 11) is 1.64. The molecule has 8 nitrogen and oxygen atoms in total. The van der Waals surface area contributed by atoms with Crippen LogP contribution in [0.2, 0.25) is 0 Å². The van der Waals surface area contributed by atoms with Crippen molar-refractivity contribution >= 4 is 16.9 Å². The Hall–Kier alpha value is -3.68. The van der Waals surface area contributed by atoms with E-state index in [2.05, 4.69) is 15.2 Å². The molecule has 0 radical (unpaired) electrons. The Morgan fingerprint density at radius 2 is 2.00 bits per heavy atom. The molecule has 1 unspecified atom stereocenters. The lowest BCUT2D eigenvalue weighted by Gasteiger charge is -2.24. The van der Waals surface area contributed by atoms with E-state index >= 15 is 0 Å². The third-order valence-electron chi connectivity index (χ3n) is 5.55. The standard InChI is InChI=1S/C22H22N6O2/c1-14-5-7-16(20(12-14)28-23-9-10-24-28)22(29)27-11-3-4-19(27)21-25-17-8-6-15(30-2)13-18(17)26-21/h5-10,12-13,19H,3-4,11H2,1-2H3,(H,25,26). The summed E-state index contributed by atoms with van der Waals surface area (Å²) in [4.78, 5) is 25.1. The number of benzene rings is 2. The van der Waals surface area contributed by atoms with Gasteiger partial charge in [-0.2, -0.15) is 15.0 Å². The maximum atomic E-state index is 13.6. The maximum absolute atomic E-state index is 13.6. The molecular weight excluding hydrogens is 380 g/mol. The highest BCUT2D eigenvalue weighted by Crippen LogP contribution is 2.34. The van der Waals surface area contributed by atoms with Crippen LogP contribution in [0.1, 0.15) is 40.6 Å². The van der Waals surface area contributed by atoms with Crippen molar-refractivity contribution in [2.24, 2.45) is 0 Å². The van der Waals surface area contributed by atoms with Crippen LogP contribution >= 0.6 is 0 Å². The predicted octanol–water partition coefficient (Wildman–Crippen LogP) is 3.44. The van der Waals surface area contributed by atoms with Gasteiger partial charge in [0, 0.05) is 12.6 Å². The fraction of sp³-hybridized carbons (Fsp3) is 0.273. The van der Waals surface area contributed by atoms with Crippen molar-refractivity contribution in [2.75, 3.05) is 13.7 Å². The van der Waals surface area contributed by atoms with Gasteiger partial charge in [0.1, 0.15) is 11.6 Å². The van der Waals surface area contributed by atoms with Crippen LogP contribution in [0.5, 0.6) is 5.75 Å². The highest BCUT2D eigenvalue weighted by atomic mass is 16.5. The summed E-state index contributed by atoms with van der Waals surface area (Å²) < 4.78 is 5.31. The van der Waals surface area contributed by atoms with E-state index in [1.54, 1.807) is 19.5 Å². The Morgan fingerprint density at radius 1 is 1.17 bits per heavy atom. The Morgan fingerprint density at radius 3 is 2.80 bits per heavy atom. The van der Waals surface area contributed by atoms with Gasteiger partial charge in [-0.25, -0.2) is 4.98 Å². The third-order valence-corrected chi connectivity index (χ3v) is 5.55. The normalized spacial score (nSPS) is 16.3. The van der Waals surface area contributed by atoms with E-state index in [1.807, 2.05) is 48.2 Å². The zero-order valence-corrected chi connectivity index (χ0v) is 16.9. The number of methoxy groups -OCH3 is 1. The summed E-state index contributed by atoms with van der Waals surface area (Å²) in [6.07, 6.45) is 5.01. The van der Waals surface area contributed by atoms with Crippen LogP contribution in [-0.4, -0.2) is 49.4 Å². The average Bonchev–Trinajstić information content (AvgIpc) is 3.52. The number of carbonyl (C=O) groups is 1. The van der Waals surface area contributed by atoms with E-state index in [1.165, 1.54) is 4.80 Å². The number of likely N-dealkylation sites (tertiary alicyclic amines) is 1. The first-order valence-electron chi connectivity index (χ1n) is 9.96. The number of ether oxygens (including phenoxy) is 1. The predicted molar refractivity (Wildman–Crippen MR) is 112 cm³/mol. The van der Waals surface area contributed by atoms with E-state index in [-0.39, 0.29) is 11.9 Å². The number of H-pyrrole nitrogens is 1. The molecule has 3 heterocycles. The molecule has 1 amide bonds. The molecule has 0 spiro atoms. The number of rotatable bonds is 4. The number of aromatic nitrogens is 5. The van der Waals surface area contributed by atoms with Crippen LogP contribution in [-0.2, 0) is 0 Å². The highest BCUT2D eigenvalue weighted by Gasteiger charge is 2.34. The molecule has 0 bridgehead atoms. The lowest BCUT2D eigenvalue weighted by atomic mass is 10.1. The molecule has 0 saturated carbocycles. The number of carbonyl (C=O) groups excluding carboxylic acids is 1. The number of hydrogen-bond donors (Lipinski definition) is 1. The molecule has 1 aliphatic rings. The van der Waals surface area contributed by atoms with E-state index in [0.29, 0.717) is 17.8 Å². The van der Waals surface area contributed by atoms with Gasteiger partial charge in [0.25, 0.3) is 5.91 Å². The number of nitrogens with zero attached hydrogens (tertiary/aromatic N) is 5. The van der Waals surface area contributed by atoms with Crippen LogP contribution in [0.4, 0.5) is 0 Å². The molecule has 4 aromatic rings.